The minimum Gasteiger partial charge on any atom is -0.510 e. The fourth-order valence-electron chi connectivity index (χ4n) is 6.25. The fourth-order valence-corrected chi connectivity index (χ4v) is 6.85. The number of anilines is 1. The molecule has 238 valence electrons. The molecule has 2 aliphatic rings. The lowest BCUT2D eigenvalue weighted by molar-refractivity contribution is 0.102. The number of methoxy groups -OCH3 is 1. The molecule has 1 aliphatic carbocycles. The zero-order valence-electron chi connectivity index (χ0n) is 25.5. The summed E-state index contributed by atoms with van der Waals surface area (Å²) in [5, 5.41) is 13.7. The van der Waals surface area contributed by atoms with Gasteiger partial charge in [0.2, 0.25) is 5.88 Å². The Hall–Kier alpha value is -4.38. The van der Waals surface area contributed by atoms with Gasteiger partial charge in [-0.25, -0.2) is 9.78 Å². The first kappa shape index (κ1) is 31.6. The number of aliphatic hydroxyl groups excluding tert-OH is 1. The van der Waals surface area contributed by atoms with Crippen molar-refractivity contribution < 1.29 is 19.4 Å². The van der Waals surface area contributed by atoms with Crippen molar-refractivity contribution in [2.75, 3.05) is 25.6 Å². The number of ether oxygens (including phenoxy) is 2. The number of aliphatic hydroxyl groups is 1. The van der Waals surface area contributed by atoms with Gasteiger partial charge in [-0.15, -0.1) is 0 Å². The highest BCUT2D eigenvalue weighted by molar-refractivity contribution is 6.39. The standard InChI is InChI=1S/C34H32Cl2N4O6/c1-39-16-24(33(43)40(2)34(39)44)31(42)37-25-9-5-7-22(30(25)36)21-6-4-8-23(29(21)35)26-15-20-11-10-19(28(20)32(38-26)45-3)14-18-12-13-46-17-27(18)41/h4-9,15-16,19,41H,10-14,17H2,1-3H3,(H,37,42)/t19-/m0/s1. The van der Waals surface area contributed by atoms with E-state index in [1.54, 1.807) is 25.3 Å². The Morgan fingerprint density at radius 3 is 2.54 bits per heavy atom. The van der Waals surface area contributed by atoms with E-state index < -0.39 is 17.2 Å². The number of aryl methyl sites for hydroxylation is 2. The summed E-state index contributed by atoms with van der Waals surface area (Å²) in [6, 6.07) is 12.7. The van der Waals surface area contributed by atoms with Crippen LogP contribution < -0.4 is 21.3 Å². The summed E-state index contributed by atoms with van der Waals surface area (Å²) in [7, 11) is 4.38. The molecule has 12 heteroatoms. The lowest BCUT2D eigenvalue weighted by Crippen LogP contribution is -2.40. The number of aromatic nitrogens is 3. The predicted octanol–water partition coefficient (Wildman–Crippen LogP) is 6.03. The molecule has 0 bridgehead atoms. The first-order valence-corrected chi connectivity index (χ1v) is 15.6. The van der Waals surface area contributed by atoms with Crippen LogP contribution in [0, 0.1) is 0 Å². The van der Waals surface area contributed by atoms with E-state index in [4.69, 9.17) is 37.7 Å². The maximum absolute atomic E-state index is 13.1. The average molecular weight is 664 g/mol. The van der Waals surface area contributed by atoms with E-state index in [9.17, 15) is 19.5 Å². The smallest absolute Gasteiger partial charge is 0.330 e. The van der Waals surface area contributed by atoms with E-state index in [0.29, 0.717) is 52.1 Å². The Morgan fingerprint density at radius 2 is 1.80 bits per heavy atom. The number of carbonyl (C=O) groups is 1. The van der Waals surface area contributed by atoms with E-state index in [1.165, 1.54) is 20.3 Å². The summed E-state index contributed by atoms with van der Waals surface area (Å²) in [6.07, 6.45) is 4.41. The molecule has 6 rings (SSSR count). The van der Waals surface area contributed by atoms with Crippen molar-refractivity contribution in [3.05, 3.63) is 108 Å². The van der Waals surface area contributed by atoms with Crippen LogP contribution >= 0.6 is 23.2 Å². The third-order valence-electron chi connectivity index (χ3n) is 8.66. The first-order chi connectivity index (χ1) is 22.1. The molecule has 46 heavy (non-hydrogen) atoms. The van der Waals surface area contributed by atoms with E-state index >= 15 is 0 Å². The molecule has 4 aromatic rings. The Bertz CT molecular complexity index is 2030. The normalized spacial score (nSPS) is 16.0. The minimum absolute atomic E-state index is 0.182. The Kier molecular flexibility index (Phi) is 8.78. The van der Waals surface area contributed by atoms with Gasteiger partial charge in [0.05, 0.1) is 35.1 Å². The van der Waals surface area contributed by atoms with Crippen LogP contribution in [-0.2, 0) is 25.3 Å². The molecule has 3 heterocycles. The number of nitrogens with zero attached hydrogens (tertiary/aromatic N) is 3. The van der Waals surface area contributed by atoms with Crippen molar-refractivity contribution in [2.24, 2.45) is 14.1 Å². The maximum Gasteiger partial charge on any atom is 0.330 e. The molecule has 1 atom stereocenters. The van der Waals surface area contributed by atoms with Crippen LogP contribution in [0.4, 0.5) is 5.69 Å². The molecule has 0 saturated heterocycles. The molecule has 1 aliphatic heterocycles. The Balaban J connectivity index is 1.33. The zero-order chi connectivity index (χ0) is 32.7. The summed E-state index contributed by atoms with van der Waals surface area (Å²) in [4.78, 5) is 42.6. The number of hydrogen-bond acceptors (Lipinski definition) is 7. The number of hydrogen-bond donors (Lipinski definition) is 2. The fraction of sp³-hybridized carbons (Fsp3) is 0.294. The van der Waals surface area contributed by atoms with Gasteiger partial charge in [-0.05, 0) is 54.9 Å². The third-order valence-corrected chi connectivity index (χ3v) is 9.48. The van der Waals surface area contributed by atoms with Crippen LogP contribution in [0.15, 0.2) is 69.6 Å². The number of fused-ring (bicyclic) bond motifs is 1. The minimum atomic E-state index is -0.717. The summed E-state index contributed by atoms with van der Waals surface area (Å²) in [5.74, 6) is 0.341. The second-order valence-electron chi connectivity index (χ2n) is 11.5. The van der Waals surface area contributed by atoms with Gasteiger partial charge < -0.3 is 24.5 Å². The SMILES string of the molecule is COc1nc(-c2cccc(-c3cccc(NC(=O)c4cn(C)c(=O)n(C)c4=O)c3Cl)c2Cl)cc2c1[C@H](CC1=C(O)COCC1)CC2. The summed E-state index contributed by atoms with van der Waals surface area (Å²) < 4.78 is 13.2. The number of halogens is 2. The second-order valence-corrected chi connectivity index (χ2v) is 12.2. The lowest BCUT2D eigenvalue weighted by atomic mass is 9.91. The van der Waals surface area contributed by atoms with Gasteiger partial charge >= 0.3 is 5.69 Å². The quantitative estimate of drug-likeness (QED) is 0.247. The Morgan fingerprint density at radius 1 is 1.09 bits per heavy atom. The molecule has 1 amide bonds. The van der Waals surface area contributed by atoms with Crippen molar-refractivity contribution >= 4 is 34.8 Å². The van der Waals surface area contributed by atoms with Crippen molar-refractivity contribution in [1.82, 2.24) is 14.1 Å². The van der Waals surface area contributed by atoms with Gasteiger partial charge in [0.15, 0.2) is 0 Å². The molecule has 0 saturated carbocycles. The monoisotopic (exact) mass is 662 g/mol. The summed E-state index contributed by atoms with van der Waals surface area (Å²) >= 11 is 13.9. The van der Waals surface area contributed by atoms with E-state index in [1.807, 2.05) is 24.3 Å². The molecular formula is C34H32Cl2N4O6. The van der Waals surface area contributed by atoms with Gasteiger partial charge in [-0.3, -0.25) is 14.2 Å². The highest BCUT2D eigenvalue weighted by atomic mass is 35.5. The topological polar surface area (TPSA) is 125 Å². The molecule has 0 fully saturated rings. The van der Waals surface area contributed by atoms with E-state index in [-0.39, 0.29) is 28.8 Å². The number of rotatable bonds is 7. The molecule has 0 unspecified atom stereocenters. The van der Waals surface area contributed by atoms with Crippen molar-refractivity contribution in [3.8, 4) is 28.3 Å². The van der Waals surface area contributed by atoms with Crippen LogP contribution in [0.3, 0.4) is 0 Å². The lowest BCUT2D eigenvalue weighted by Gasteiger charge is -2.21. The first-order valence-electron chi connectivity index (χ1n) is 14.8. The zero-order valence-corrected chi connectivity index (χ0v) is 27.0. The number of pyridine rings is 1. The summed E-state index contributed by atoms with van der Waals surface area (Å²) in [6.45, 7) is 0.864. The number of benzene rings is 2. The van der Waals surface area contributed by atoms with Crippen LogP contribution in [0.1, 0.15) is 46.7 Å². The molecule has 0 spiro atoms. The van der Waals surface area contributed by atoms with Gasteiger partial charge in [-0.2, -0.15) is 0 Å². The van der Waals surface area contributed by atoms with E-state index in [2.05, 4.69) is 5.32 Å². The van der Waals surface area contributed by atoms with Gasteiger partial charge in [-0.1, -0.05) is 53.5 Å². The van der Waals surface area contributed by atoms with E-state index in [0.717, 1.165) is 45.1 Å². The molecule has 0 radical (unpaired) electrons. The maximum atomic E-state index is 13.1. The molecule has 2 aromatic carbocycles. The predicted molar refractivity (Wildman–Crippen MR) is 177 cm³/mol. The largest absolute Gasteiger partial charge is 0.510 e. The second kappa shape index (κ2) is 12.8. The van der Waals surface area contributed by atoms with Crippen LogP contribution in [0.5, 0.6) is 5.88 Å². The Labute approximate surface area is 274 Å². The van der Waals surface area contributed by atoms with Gasteiger partial charge in [0.1, 0.15) is 17.9 Å². The highest BCUT2D eigenvalue weighted by Gasteiger charge is 2.31. The number of carbonyl (C=O) groups excluding carboxylic acids is 1. The molecule has 2 N–H and O–H groups in total. The van der Waals surface area contributed by atoms with Crippen molar-refractivity contribution in [1.29, 1.82) is 0 Å². The van der Waals surface area contributed by atoms with Crippen LogP contribution in [-0.4, -0.2) is 45.5 Å². The molecular weight excluding hydrogens is 631 g/mol. The van der Waals surface area contributed by atoms with Gasteiger partial charge in [0.25, 0.3) is 11.5 Å². The third kappa shape index (κ3) is 5.72. The van der Waals surface area contributed by atoms with Crippen LogP contribution in [0.2, 0.25) is 10.0 Å². The number of amides is 1. The number of nitrogens with one attached hydrogen (secondary N) is 1. The van der Waals surface area contributed by atoms with Gasteiger partial charge in [0, 0.05) is 42.5 Å². The van der Waals surface area contributed by atoms with Crippen molar-refractivity contribution in [2.45, 2.75) is 31.6 Å². The van der Waals surface area contributed by atoms with Crippen molar-refractivity contribution in [3.63, 3.8) is 0 Å². The molecule has 10 nitrogen and oxygen atoms in total. The molecule has 2 aromatic heterocycles. The van der Waals surface area contributed by atoms with Crippen LogP contribution in [0.25, 0.3) is 22.4 Å². The highest BCUT2D eigenvalue weighted by Crippen LogP contribution is 2.46. The summed E-state index contributed by atoms with van der Waals surface area (Å²) in [5.41, 5.74) is 4.56. The average Bonchev–Trinajstić information content (AvgIpc) is 3.46.